The van der Waals surface area contributed by atoms with Crippen molar-refractivity contribution in [1.29, 1.82) is 0 Å². The Morgan fingerprint density at radius 3 is 2.18 bits per heavy atom. The molecule has 0 unspecified atom stereocenters. The maximum absolute atomic E-state index is 3.44. The fraction of sp³-hybridized carbons (Fsp3) is 0.125. The van der Waals surface area contributed by atoms with Crippen LogP contribution in [0.2, 0.25) is 0 Å². The largest absolute Gasteiger partial charge is 0.384 e. The van der Waals surface area contributed by atoms with Crippen LogP contribution in [0.3, 0.4) is 0 Å². The average Bonchev–Trinajstić information content (AvgIpc) is 2.94. The zero-order valence-corrected chi connectivity index (χ0v) is 9.69. The van der Waals surface area contributed by atoms with Crippen molar-refractivity contribution in [2.45, 2.75) is 6.42 Å². The van der Waals surface area contributed by atoms with Crippen LogP contribution in [0.4, 0.5) is 0 Å². The molecule has 0 atom stereocenters. The molecular weight excluding hydrogens is 206 g/mol. The summed E-state index contributed by atoms with van der Waals surface area (Å²) in [6.45, 7) is 1.05. The summed E-state index contributed by atoms with van der Waals surface area (Å²) in [4.78, 5) is 0. The summed E-state index contributed by atoms with van der Waals surface area (Å²) in [5.74, 6) is 0. The molecule has 0 amide bonds. The van der Waals surface area contributed by atoms with Crippen molar-refractivity contribution in [3.8, 4) is 11.1 Å². The third-order valence-corrected chi connectivity index (χ3v) is 3.11. The van der Waals surface area contributed by atoms with Gasteiger partial charge in [-0.2, -0.15) is 0 Å². The molecule has 3 rings (SSSR count). The predicted molar refractivity (Wildman–Crippen MR) is 72.5 cm³/mol. The van der Waals surface area contributed by atoms with Gasteiger partial charge >= 0.3 is 0 Å². The Labute approximate surface area is 102 Å². The van der Waals surface area contributed by atoms with E-state index in [1.807, 2.05) is 0 Å². The molecule has 0 saturated heterocycles. The second-order valence-electron chi connectivity index (χ2n) is 4.24. The third-order valence-electron chi connectivity index (χ3n) is 3.11. The van der Waals surface area contributed by atoms with E-state index in [0.29, 0.717) is 0 Å². The average molecular weight is 221 g/mol. The van der Waals surface area contributed by atoms with Crippen molar-refractivity contribution < 1.29 is 0 Å². The minimum absolute atomic E-state index is 1.05. The maximum atomic E-state index is 3.44. The standard InChI is InChI=1S/C16H15N/c1-2-7-13(8-3-1)14-9-4-5-10-15(14)16-11-6-12-17-16/h1-5,7-11,17H,6,12H2. The maximum Gasteiger partial charge on any atom is 0.0380 e. The SMILES string of the molecule is C1=C(c2ccccc2-c2ccccc2)NCC1. The molecule has 0 fully saturated rings. The molecule has 0 aliphatic carbocycles. The zero-order chi connectivity index (χ0) is 11.5. The van der Waals surface area contributed by atoms with Crippen molar-refractivity contribution >= 4 is 5.70 Å². The van der Waals surface area contributed by atoms with Gasteiger partial charge in [0.25, 0.3) is 0 Å². The zero-order valence-electron chi connectivity index (χ0n) is 9.69. The molecule has 0 saturated carbocycles. The van der Waals surface area contributed by atoms with Crippen LogP contribution in [0.1, 0.15) is 12.0 Å². The van der Waals surface area contributed by atoms with Crippen LogP contribution in [0, 0.1) is 0 Å². The van der Waals surface area contributed by atoms with Crippen molar-refractivity contribution in [3.05, 3.63) is 66.2 Å². The van der Waals surface area contributed by atoms with Gasteiger partial charge in [0.05, 0.1) is 0 Å². The van der Waals surface area contributed by atoms with E-state index in [-0.39, 0.29) is 0 Å². The molecule has 1 heterocycles. The van der Waals surface area contributed by atoms with Gasteiger partial charge in [0, 0.05) is 17.8 Å². The van der Waals surface area contributed by atoms with Crippen molar-refractivity contribution in [2.24, 2.45) is 0 Å². The smallest absolute Gasteiger partial charge is 0.0380 e. The molecule has 2 aromatic carbocycles. The predicted octanol–water partition coefficient (Wildman–Crippen LogP) is 3.69. The van der Waals surface area contributed by atoms with E-state index in [2.05, 4.69) is 66.0 Å². The minimum Gasteiger partial charge on any atom is -0.384 e. The van der Waals surface area contributed by atoms with E-state index in [1.165, 1.54) is 22.4 Å². The molecule has 1 N–H and O–H groups in total. The molecule has 84 valence electrons. The summed E-state index contributed by atoms with van der Waals surface area (Å²) in [6.07, 6.45) is 3.40. The first-order valence-electron chi connectivity index (χ1n) is 6.04. The molecule has 17 heavy (non-hydrogen) atoms. The summed E-state index contributed by atoms with van der Waals surface area (Å²) in [7, 11) is 0. The molecule has 1 aliphatic rings. The quantitative estimate of drug-likeness (QED) is 0.815. The molecule has 0 bridgehead atoms. The Morgan fingerprint density at radius 1 is 0.765 bits per heavy atom. The monoisotopic (exact) mass is 221 g/mol. The summed E-state index contributed by atoms with van der Waals surface area (Å²) >= 11 is 0. The summed E-state index contributed by atoms with van der Waals surface area (Å²) in [6, 6.07) is 19.1. The Balaban J connectivity index is 2.11. The van der Waals surface area contributed by atoms with Crippen LogP contribution in [0.15, 0.2) is 60.7 Å². The van der Waals surface area contributed by atoms with Gasteiger partial charge in [-0.3, -0.25) is 0 Å². The molecule has 1 aliphatic heterocycles. The third kappa shape index (κ3) is 1.96. The van der Waals surface area contributed by atoms with E-state index >= 15 is 0 Å². The lowest BCUT2D eigenvalue weighted by Gasteiger charge is -2.11. The van der Waals surface area contributed by atoms with Crippen LogP contribution in [0.25, 0.3) is 16.8 Å². The Hall–Kier alpha value is -2.02. The van der Waals surface area contributed by atoms with E-state index in [9.17, 15) is 0 Å². The first-order valence-corrected chi connectivity index (χ1v) is 6.04. The fourth-order valence-electron chi connectivity index (χ4n) is 2.29. The fourth-order valence-corrected chi connectivity index (χ4v) is 2.29. The number of nitrogens with one attached hydrogen (secondary N) is 1. The topological polar surface area (TPSA) is 12.0 Å². The number of benzene rings is 2. The Bertz CT molecular complexity index is 540. The van der Waals surface area contributed by atoms with E-state index < -0.39 is 0 Å². The van der Waals surface area contributed by atoms with Crippen LogP contribution < -0.4 is 5.32 Å². The van der Waals surface area contributed by atoms with Gasteiger partial charge in [0.15, 0.2) is 0 Å². The highest BCUT2D eigenvalue weighted by Gasteiger charge is 2.10. The van der Waals surface area contributed by atoms with Gasteiger partial charge in [-0.15, -0.1) is 0 Å². The molecule has 0 aromatic heterocycles. The van der Waals surface area contributed by atoms with Crippen molar-refractivity contribution in [3.63, 3.8) is 0 Å². The lowest BCUT2D eigenvalue weighted by molar-refractivity contribution is 0.928. The van der Waals surface area contributed by atoms with Crippen molar-refractivity contribution in [1.82, 2.24) is 5.32 Å². The normalized spacial score (nSPS) is 14.2. The Kier molecular flexibility index (Phi) is 2.66. The number of rotatable bonds is 2. The second-order valence-corrected chi connectivity index (χ2v) is 4.24. The van der Waals surface area contributed by atoms with E-state index in [1.54, 1.807) is 0 Å². The van der Waals surface area contributed by atoms with Crippen LogP contribution >= 0.6 is 0 Å². The Morgan fingerprint density at radius 2 is 1.47 bits per heavy atom. The van der Waals surface area contributed by atoms with Gasteiger partial charge in [0.2, 0.25) is 0 Å². The first-order chi connectivity index (χ1) is 8.45. The van der Waals surface area contributed by atoms with E-state index in [0.717, 1.165) is 13.0 Å². The molecule has 2 aromatic rings. The van der Waals surface area contributed by atoms with Crippen molar-refractivity contribution in [2.75, 3.05) is 6.54 Å². The van der Waals surface area contributed by atoms with Gasteiger partial charge in [-0.05, 0) is 17.5 Å². The first kappa shape index (κ1) is 10.2. The lowest BCUT2D eigenvalue weighted by Crippen LogP contribution is -2.07. The molecular formula is C16H15N. The van der Waals surface area contributed by atoms with Gasteiger partial charge in [-0.1, -0.05) is 60.7 Å². The minimum atomic E-state index is 1.05. The molecule has 0 spiro atoms. The van der Waals surface area contributed by atoms with Gasteiger partial charge in [0.1, 0.15) is 0 Å². The lowest BCUT2D eigenvalue weighted by atomic mass is 9.98. The van der Waals surface area contributed by atoms with Crippen LogP contribution in [-0.4, -0.2) is 6.54 Å². The highest BCUT2D eigenvalue weighted by Crippen LogP contribution is 2.28. The van der Waals surface area contributed by atoms with Gasteiger partial charge < -0.3 is 5.32 Å². The number of hydrogen-bond acceptors (Lipinski definition) is 1. The van der Waals surface area contributed by atoms with E-state index in [4.69, 9.17) is 0 Å². The van der Waals surface area contributed by atoms with Crippen LogP contribution in [0.5, 0.6) is 0 Å². The van der Waals surface area contributed by atoms with Crippen LogP contribution in [-0.2, 0) is 0 Å². The molecule has 1 nitrogen and oxygen atoms in total. The molecule has 1 heteroatoms. The second kappa shape index (κ2) is 4.46. The highest BCUT2D eigenvalue weighted by molar-refractivity contribution is 5.81. The van der Waals surface area contributed by atoms with Gasteiger partial charge in [-0.25, -0.2) is 0 Å². The summed E-state index contributed by atoms with van der Waals surface area (Å²) in [5, 5.41) is 3.44. The summed E-state index contributed by atoms with van der Waals surface area (Å²) in [5.41, 5.74) is 5.15. The highest BCUT2D eigenvalue weighted by atomic mass is 14.9. The molecule has 0 radical (unpaired) electrons. The number of hydrogen-bond donors (Lipinski definition) is 1. The summed E-state index contributed by atoms with van der Waals surface area (Å²) < 4.78 is 0.